The predicted molar refractivity (Wildman–Crippen MR) is 123 cm³/mol. The fourth-order valence-corrected chi connectivity index (χ4v) is 4.82. The number of carbonyl (C=O) groups is 1. The van der Waals surface area contributed by atoms with Crippen molar-refractivity contribution in [3.8, 4) is 11.5 Å². The molecule has 1 saturated heterocycles. The van der Waals surface area contributed by atoms with Crippen LogP contribution in [0.4, 0.5) is 10.5 Å². The Labute approximate surface area is 190 Å². The van der Waals surface area contributed by atoms with Gasteiger partial charge in [0.1, 0.15) is 0 Å². The summed E-state index contributed by atoms with van der Waals surface area (Å²) < 4.78 is 16.0. The van der Waals surface area contributed by atoms with Gasteiger partial charge < -0.3 is 29.5 Å². The Morgan fingerprint density at radius 1 is 1.09 bits per heavy atom. The van der Waals surface area contributed by atoms with Gasteiger partial charge >= 0.3 is 6.09 Å². The Morgan fingerprint density at radius 3 is 2.47 bits per heavy atom. The number of rotatable bonds is 6. The number of carboxylic acid groups (broad SMARTS) is 1. The molecule has 178 valence electrons. The van der Waals surface area contributed by atoms with Gasteiger partial charge in [-0.1, -0.05) is 6.07 Å². The molecule has 2 heterocycles. The molecule has 32 heavy (non-hydrogen) atoms. The van der Waals surface area contributed by atoms with Crippen LogP contribution < -0.4 is 19.7 Å². The van der Waals surface area contributed by atoms with Gasteiger partial charge in [-0.3, -0.25) is 4.90 Å². The van der Waals surface area contributed by atoms with Crippen molar-refractivity contribution in [1.82, 2.24) is 10.2 Å². The summed E-state index contributed by atoms with van der Waals surface area (Å²) in [6, 6.07) is 6.27. The van der Waals surface area contributed by atoms with E-state index in [9.17, 15) is 4.79 Å². The molecule has 2 aliphatic carbocycles. The van der Waals surface area contributed by atoms with Crippen LogP contribution in [-0.4, -0.2) is 74.9 Å². The summed E-state index contributed by atoms with van der Waals surface area (Å²) in [4.78, 5) is 15.7. The van der Waals surface area contributed by atoms with Crippen molar-refractivity contribution in [2.24, 2.45) is 5.92 Å². The topological polar surface area (TPSA) is 83.5 Å². The largest absolute Gasteiger partial charge is 0.465 e. The van der Waals surface area contributed by atoms with E-state index < -0.39 is 6.09 Å². The first kappa shape index (κ1) is 23.0. The standard InChI is InChI=1S/C20H29N3O4.C4H8O/c24-20(25)21-16-6-4-15(5-7-16)8-9-22-10-12-23(13-11-22)17-2-1-3-18-19(17)27-14-26-18;1-5-4-2-3-4/h1-3,15-16,21H,4-14H2,(H,24,25);4H,2-3H2,1H3/t15-,16-;. The number of hydrogen-bond acceptors (Lipinski definition) is 6. The van der Waals surface area contributed by atoms with Gasteiger partial charge in [-0.05, 0) is 69.5 Å². The highest BCUT2D eigenvalue weighted by atomic mass is 16.7. The first-order valence-corrected chi connectivity index (χ1v) is 12.0. The zero-order chi connectivity index (χ0) is 22.3. The van der Waals surface area contributed by atoms with E-state index in [4.69, 9.17) is 19.3 Å². The minimum Gasteiger partial charge on any atom is -0.465 e. The zero-order valence-corrected chi connectivity index (χ0v) is 19.1. The monoisotopic (exact) mass is 447 g/mol. The van der Waals surface area contributed by atoms with Crippen molar-refractivity contribution in [1.29, 1.82) is 0 Å². The van der Waals surface area contributed by atoms with Gasteiger partial charge in [0.05, 0.1) is 11.8 Å². The van der Waals surface area contributed by atoms with Crippen LogP contribution in [0.15, 0.2) is 18.2 Å². The molecule has 2 N–H and O–H groups in total. The Balaban J connectivity index is 0.000000433. The van der Waals surface area contributed by atoms with Gasteiger partial charge in [-0.15, -0.1) is 0 Å². The molecule has 4 aliphatic rings. The molecule has 0 radical (unpaired) electrons. The Kier molecular flexibility index (Phi) is 7.97. The number of piperazine rings is 1. The van der Waals surface area contributed by atoms with E-state index >= 15 is 0 Å². The van der Waals surface area contributed by atoms with E-state index in [-0.39, 0.29) is 6.04 Å². The number of methoxy groups -OCH3 is 1. The molecule has 1 aromatic carbocycles. The van der Waals surface area contributed by atoms with E-state index in [1.165, 1.54) is 19.3 Å². The van der Waals surface area contributed by atoms with E-state index in [1.807, 2.05) is 12.1 Å². The van der Waals surface area contributed by atoms with Crippen LogP contribution in [0.25, 0.3) is 0 Å². The number of benzene rings is 1. The van der Waals surface area contributed by atoms with E-state index in [0.717, 1.165) is 81.5 Å². The smallest absolute Gasteiger partial charge is 0.404 e. The summed E-state index contributed by atoms with van der Waals surface area (Å²) in [6.45, 7) is 5.61. The molecule has 0 aromatic heterocycles. The van der Waals surface area contributed by atoms with Crippen LogP contribution >= 0.6 is 0 Å². The number of ether oxygens (including phenoxy) is 3. The highest BCUT2D eigenvalue weighted by molar-refractivity contribution is 5.66. The summed E-state index contributed by atoms with van der Waals surface area (Å²) in [6.07, 6.45) is 7.77. The molecule has 5 rings (SSSR count). The third-order valence-electron chi connectivity index (χ3n) is 6.97. The molecule has 2 aliphatic heterocycles. The van der Waals surface area contributed by atoms with E-state index in [0.29, 0.717) is 12.9 Å². The normalized spacial score (nSPS) is 25.1. The molecular formula is C24H37N3O5. The second-order valence-electron chi connectivity index (χ2n) is 9.23. The quantitative estimate of drug-likeness (QED) is 0.690. The maximum Gasteiger partial charge on any atom is 0.404 e. The van der Waals surface area contributed by atoms with Crippen LogP contribution in [0.3, 0.4) is 0 Å². The second kappa shape index (κ2) is 11.1. The summed E-state index contributed by atoms with van der Waals surface area (Å²) in [5, 5.41) is 11.5. The number of anilines is 1. The minimum absolute atomic E-state index is 0.154. The fourth-order valence-electron chi connectivity index (χ4n) is 4.82. The van der Waals surface area contributed by atoms with Gasteiger partial charge in [-0.25, -0.2) is 4.79 Å². The van der Waals surface area contributed by atoms with E-state index in [2.05, 4.69) is 21.2 Å². The van der Waals surface area contributed by atoms with Crippen LogP contribution in [-0.2, 0) is 4.74 Å². The summed E-state index contributed by atoms with van der Waals surface area (Å²) in [5.74, 6) is 2.47. The first-order chi connectivity index (χ1) is 15.6. The third-order valence-corrected chi connectivity index (χ3v) is 6.97. The molecule has 2 saturated carbocycles. The molecule has 1 aromatic rings. The Hall–Kier alpha value is -2.19. The van der Waals surface area contributed by atoms with Crippen LogP contribution in [0.5, 0.6) is 11.5 Å². The second-order valence-corrected chi connectivity index (χ2v) is 9.23. The van der Waals surface area contributed by atoms with Gasteiger partial charge in [0, 0.05) is 39.3 Å². The van der Waals surface area contributed by atoms with Crippen molar-refractivity contribution in [2.45, 2.75) is 57.1 Å². The molecule has 3 fully saturated rings. The third kappa shape index (κ3) is 6.42. The molecule has 0 bridgehead atoms. The van der Waals surface area contributed by atoms with Gasteiger partial charge in [0.2, 0.25) is 6.79 Å². The Bertz CT molecular complexity index is 741. The van der Waals surface area contributed by atoms with Gasteiger partial charge in [0.25, 0.3) is 0 Å². The number of fused-ring (bicyclic) bond motifs is 1. The lowest BCUT2D eigenvalue weighted by Crippen LogP contribution is -2.47. The maximum absolute atomic E-state index is 10.7. The molecule has 8 heteroatoms. The Morgan fingerprint density at radius 2 is 1.84 bits per heavy atom. The highest BCUT2D eigenvalue weighted by Gasteiger charge is 2.26. The number of hydrogen-bond donors (Lipinski definition) is 2. The summed E-state index contributed by atoms with van der Waals surface area (Å²) >= 11 is 0. The number of amides is 1. The van der Waals surface area contributed by atoms with Crippen LogP contribution in [0, 0.1) is 5.92 Å². The molecule has 0 spiro atoms. The van der Waals surface area contributed by atoms with Gasteiger partial charge in [-0.2, -0.15) is 0 Å². The number of nitrogens with zero attached hydrogens (tertiary/aromatic N) is 2. The minimum atomic E-state index is -0.891. The van der Waals surface area contributed by atoms with Crippen molar-refractivity contribution in [2.75, 3.05) is 51.5 Å². The maximum atomic E-state index is 10.7. The number of para-hydroxylation sites is 1. The fraction of sp³-hybridized carbons (Fsp3) is 0.708. The van der Waals surface area contributed by atoms with Crippen molar-refractivity contribution >= 4 is 11.8 Å². The SMILES string of the molecule is COC1CC1.O=C(O)N[C@H]1CC[C@H](CCN2CCN(c3cccc4c3OCO4)CC2)CC1. The van der Waals surface area contributed by atoms with Gasteiger partial charge in [0.15, 0.2) is 11.5 Å². The molecule has 1 amide bonds. The summed E-state index contributed by atoms with van der Waals surface area (Å²) in [7, 11) is 1.76. The van der Waals surface area contributed by atoms with Crippen molar-refractivity contribution in [3.63, 3.8) is 0 Å². The van der Waals surface area contributed by atoms with Crippen molar-refractivity contribution < 1.29 is 24.1 Å². The number of nitrogens with one attached hydrogen (secondary N) is 1. The molecule has 8 nitrogen and oxygen atoms in total. The molecular weight excluding hydrogens is 410 g/mol. The molecule has 0 unspecified atom stereocenters. The van der Waals surface area contributed by atoms with Crippen molar-refractivity contribution in [3.05, 3.63) is 18.2 Å². The average Bonchev–Trinajstić information content (AvgIpc) is 3.54. The lowest BCUT2D eigenvalue weighted by molar-refractivity contribution is 0.173. The zero-order valence-electron chi connectivity index (χ0n) is 19.1. The highest BCUT2D eigenvalue weighted by Crippen LogP contribution is 2.41. The van der Waals surface area contributed by atoms with Crippen LogP contribution in [0.1, 0.15) is 44.9 Å². The van der Waals surface area contributed by atoms with E-state index in [1.54, 1.807) is 7.11 Å². The lowest BCUT2D eigenvalue weighted by Gasteiger charge is -2.37. The molecule has 0 atom stereocenters. The van der Waals surface area contributed by atoms with Crippen LogP contribution in [0.2, 0.25) is 0 Å². The predicted octanol–water partition coefficient (Wildman–Crippen LogP) is 3.55. The summed E-state index contributed by atoms with van der Waals surface area (Å²) in [5.41, 5.74) is 1.15. The first-order valence-electron chi connectivity index (χ1n) is 12.0. The lowest BCUT2D eigenvalue weighted by atomic mass is 9.84. The average molecular weight is 448 g/mol.